The zero-order chi connectivity index (χ0) is 16.0. The van der Waals surface area contributed by atoms with E-state index >= 15 is 0 Å². The van der Waals surface area contributed by atoms with Gasteiger partial charge in [0.25, 0.3) is 0 Å². The zero-order valence-electron chi connectivity index (χ0n) is 12.9. The number of ether oxygens (including phenoxy) is 2. The molecule has 0 aliphatic rings. The summed E-state index contributed by atoms with van der Waals surface area (Å²) in [5.41, 5.74) is 0.439. The minimum atomic E-state index is -3.64. The van der Waals surface area contributed by atoms with Gasteiger partial charge in [0, 0.05) is 25.3 Å². The third-order valence-corrected chi connectivity index (χ3v) is 5.19. The Bertz CT molecular complexity index is 556. The lowest BCUT2D eigenvalue weighted by Crippen LogP contribution is -2.39. The van der Waals surface area contributed by atoms with Crippen molar-refractivity contribution >= 4 is 10.0 Å². The number of aliphatic hydroxyl groups excluding tert-OH is 1. The molecule has 0 bridgehead atoms. The van der Waals surface area contributed by atoms with Crippen LogP contribution in [0, 0.1) is 0 Å². The first kappa shape index (κ1) is 17.9. The van der Waals surface area contributed by atoms with Gasteiger partial charge in [0.2, 0.25) is 10.0 Å². The molecule has 0 aromatic heterocycles. The van der Waals surface area contributed by atoms with Gasteiger partial charge in [-0.05, 0) is 32.0 Å². The minimum absolute atomic E-state index is 0.136. The summed E-state index contributed by atoms with van der Waals surface area (Å²) < 4.78 is 36.8. The molecule has 1 aromatic rings. The first-order chi connectivity index (χ1) is 9.88. The average molecular weight is 317 g/mol. The lowest BCUT2D eigenvalue weighted by molar-refractivity contribution is 0.171. The molecule has 0 spiro atoms. The molecule has 6 nitrogen and oxygen atoms in total. The maximum Gasteiger partial charge on any atom is 0.243 e. The fraction of sp³-hybridized carbons (Fsp3) is 0.571. The van der Waals surface area contributed by atoms with E-state index in [0.717, 1.165) is 0 Å². The Morgan fingerprint density at radius 3 is 2.43 bits per heavy atom. The third kappa shape index (κ3) is 4.16. The molecule has 0 saturated carbocycles. The number of hydrogen-bond donors (Lipinski definition) is 1. The highest BCUT2D eigenvalue weighted by Crippen LogP contribution is 2.25. The summed E-state index contributed by atoms with van der Waals surface area (Å²) >= 11 is 0. The Labute approximate surface area is 126 Å². The summed E-state index contributed by atoms with van der Waals surface area (Å²) in [7, 11) is -0.639. The summed E-state index contributed by atoms with van der Waals surface area (Å²) in [4.78, 5) is 0.136. The van der Waals surface area contributed by atoms with Crippen molar-refractivity contribution in [3.8, 4) is 5.75 Å². The van der Waals surface area contributed by atoms with E-state index in [1.807, 2.05) is 13.8 Å². The van der Waals surface area contributed by atoms with Crippen LogP contribution in [-0.2, 0) is 21.4 Å². The second kappa shape index (κ2) is 7.74. The fourth-order valence-electron chi connectivity index (χ4n) is 2.01. The predicted molar refractivity (Wildman–Crippen MR) is 79.8 cm³/mol. The van der Waals surface area contributed by atoms with Crippen molar-refractivity contribution in [3.05, 3.63) is 23.8 Å². The van der Waals surface area contributed by atoms with Crippen molar-refractivity contribution in [2.75, 3.05) is 27.4 Å². The number of aliphatic hydroxyl groups is 1. The molecular weight excluding hydrogens is 294 g/mol. The van der Waals surface area contributed by atoms with E-state index in [1.165, 1.54) is 30.7 Å². The van der Waals surface area contributed by atoms with Crippen LogP contribution in [0.3, 0.4) is 0 Å². The van der Waals surface area contributed by atoms with Gasteiger partial charge in [-0.3, -0.25) is 0 Å². The summed E-state index contributed by atoms with van der Waals surface area (Å²) in [5, 5.41) is 9.32. The van der Waals surface area contributed by atoms with Crippen LogP contribution in [0.15, 0.2) is 23.1 Å². The van der Waals surface area contributed by atoms with E-state index in [1.54, 1.807) is 6.07 Å². The molecular formula is C14H23NO5S. The topological polar surface area (TPSA) is 76.1 Å². The lowest BCUT2D eigenvalue weighted by atomic mass is 10.2. The molecule has 0 radical (unpaired) electrons. The molecule has 1 N–H and O–H groups in total. The van der Waals surface area contributed by atoms with Crippen molar-refractivity contribution < 1.29 is 23.0 Å². The van der Waals surface area contributed by atoms with Crippen molar-refractivity contribution in [2.24, 2.45) is 0 Å². The van der Waals surface area contributed by atoms with Gasteiger partial charge in [0.1, 0.15) is 5.75 Å². The zero-order valence-corrected chi connectivity index (χ0v) is 13.7. The fourth-order valence-corrected chi connectivity index (χ4v) is 3.68. The first-order valence-electron chi connectivity index (χ1n) is 6.67. The first-order valence-corrected chi connectivity index (χ1v) is 8.11. The number of rotatable bonds is 8. The van der Waals surface area contributed by atoms with Crippen molar-refractivity contribution in [2.45, 2.75) is 31.4 Å². The van der Waals surface area contributed by atoms with Crippen LogP contribution < -0.4 is 4.74 Å². The highest BCUT2D eigenvalue weighted by molar-refractivity contribution is 7.89. The molecule has 0 aliphatic heterocycles. The Kier molecular flexibility index (Phi) is 6.60. The number of nitrogens with zero attached hydrogens (tertiary/aromatic N) is 1. The van der Waals surface area contributed by atoms with Crippen LogP contribution in [0.25, 0.3) is 0 Å². The highest BCUT2D eigenvalue weighted by Gasteiger charge is 2.27. The molecule has 0 aliphatic carbocycles. The maximum absolute atomic E-state index is 12.7. The van der Waals surface area contributed by atoms with Gasteiger partial charge in [-0.2, -0.15) is 4.31 Å². The minimum Gasteiger partial charge on any atom is -0.496 e. The van der Waals surface area contributed by atoms with Crippen LogP contribution in [0.1, 0.15) is 19.4 Å². The molecule has 7 heteroatoms. The molecule has 0 heterocycles. The Morgan fingerprint density at radius 1 is 1.29 bits per heavy atom. The van der Waals surface area contributed by atoms with E-state index in [-0.39, 0.29) is 24.1 Å². The SMILES string of the molecule is COCCN(C(C)C)S(=O)(=O)c1ccc(OC)c(CO)c1. The Balaban J connectivity index is 3.21. The maximum atomic E-state index is 12.7. The monoisotopic (exact) mass is 317 g/mol. The predicted octanol–water partition coefficient (Wildman–Crippen LogP) is 1.23. The van der Waals surface area contributed by atoms with Gasteiger partial charge in [-0.15, -0.1) is 0 Å². The molecule has 0 atom stereocenters. The molecule has 1 aromatic carbocycles. The molecule has 0 saturated heterocycles. The quantitative estimate of drug-likeness (QED) is 0.780. The standard InChI is InChI=1S/C14H23NO5S/c1-11(2)15(7-8-19-3)21(17,18)13-5-6-14(20-4)12(9-13)10-16/h5-6,9,11,16H,7-8,10H2,1-4H3. The number of hydrogen-bond acceptors (Lipinski definition) is 5. The van der Waals surface area contributed by atoms with Gasteiger partial charge in [0.15, 0.2) is 0 Å². The summed E-state index contributed by atoms with van der Waals surface area (Å²) in [6.45, 7) is 3.93. The normalized spacial score (nSPS) is 12.1. The molecule has 0 fully saturated rings. The van der Waals surface area contributed by atoms with Crippen LogP contribution in [-0.4, -0.2) is 51.2 Å². The van der Waals surface area contributed by atoms with Gasteiger partial charge < -0.3 is 14.6 Å². The van der Waals surface area contributed by atoms with E-state index in [0.29, 0.717) is 17.9 Å². The van der Waals surface area contributed by atoms with Crippen molar-refractivity contribution in [3.63, 3.8) is 0 Å². The van der Waals surface area contributed by atoms with Crippen LogP contribution in [0.5, 0.6) is 5.75 Å². The van der Waals surface area contributed by atoms with Crippen molar-refractivity contribution in [1.82, 2.24) is 4.31 Å². The Morgan fingerprint density at radius 2 is 1.95 bits per heavy atom. The van der Waals surface area contributed by atoms with Gasteiger partial charge in [-0.1, -0.05) is 0 Å². The van der Waals surface area contributed by atoms with E-state index in [9.17, 15) is 13.5 Å². The highest BCUT2D eigenvalue weighted by atomic mass is 32.2. The number of methoxy groups -OCH3 is 2. The second-order valence-electron chi connectivity index (χ2n) is 4.83. The lowest BCUT2D eigenvalue weighted by Gasteiger charge is -2.26. The largest absolute Gasteiger partial charge is 0.496 e. The molecule has 21 heavy (non-hydrogen) atoms. The van der Waals surface area contributed by atoms with Gasteiger partial charge in [0.05, 0.1) is 25.2 Å². The van der Waals surface area contributed by atoms with Crippen LogP contribution in [0.4, 0.5) is 0 Å². The third-order valence-electron chi connectivity index (χ3n) is 3.12. The average Bonchev–Trinajstić information content (AvgIpc) is 2.46. The smallest absolute Gasteiger partial charge is 0.243 e. The summed E-state index contributed by atoms with van der Waals surface area (Å²) in [6, 6.07) is 4.28. The molecule has 1 rings (SSSR count). The van der Waals surface area contributed by atoms with Gasteiger partial charge in [-0.25, -0.2) is 8.42 Å². The number of sulfonamides is 1. The van der Waals surface area contributed by atoms with E-state index in [2.05, 4.69) is 0 Å². The molecule has 0 amide bonds. The second-order valence-corrected chi connectivity index (χ2v) is 6.72. The number of benzene rings is 1. The summed E-state index contributed by atoms with van der Waals surface area (Å²) in [6.07, 6.45) is 0. The van der Waals surface area contributed by atoms with Gasteiger partial charge >= 0.3 is 0 Å². The molecule has 120 valence electrons. The summed E-state index contributed by atoms with van der Waals surface area (Å²) in [5.74, 6) is 0.462. The van der Waals surface area contributed by atoms with Crippen LogP contribution in [0.2, 0.25) is 0 Å². The van der Waals surface area contributed by atoms with E-state index < -0.39 is 10.0 Å². The van der Waals surface area contributed by atoms with Crippen LogP contribution >= 0.6 is 0 Å². The van der Waals surface area contributed by atoms with Crippen molar-refractivity contribution in [1.29, 1.82) is 0 Å². The molecule has 0 unspecified atom stereocenters. The Hall–Kier alpha value is -1.15. The van der Waals surface area contributed by atoms with E-state index in [4.69, 9.17) is 9.47 Å².